The minimum atomic E-state index is -0.105. The largest absolute Gasteiger partial charge is 0.458 e. The Labute approximate surface area is 173 Å². The third kappa shape index (κ3) is 6.42. The molecule has 3 rings (SSSR count). The molecule has 3 aromatic heterocycles. The van der Waals surface area contributed by atoms with Gasteiger partial charge in [0.2, 0.25) is 11.0 Å². The van der Waals surface area contributed by atoms with Crippen molar-refractivity contribution in [1.82, 2.24) is 20.6 Å². The first-order valence-corrected chi connectivity index (χ1v) is 10.2. The highest BCUT2D eigenvalue weighted by atomic mass is 32.1. The average Bonchev–Trinajstić information content (AvgIpc) is 3.33. The molecule has 3 heterocycles. The summed E-state index contributed by atoms with van der Waals surface area (Å²) in [6.07, 6.45) is 1.78. The van der Waals surface area contributed by atoms with Gasteiger partial charge in [-0.15, -0.1) is 11.3 Å². The predicted octanol–water partition coefficient (Wildman–Crippen LogP) is 2.91. The molecule has 0 radical (unpaired) electrons. The summed E-state index contributed by atoms with van der Waals surface area (Å²) >= 11 is 1.38. The maximum atomic E-state index is 11.0. The molecule has 8 nitrogen and oxygen atoms in total. The minimum absolute atomic E-state index is 0.105. The van der Waals surface area contributed by atoms with E-state index < -0.39 is 0 Å². The summed E-state index contributed by atoms with van der Waals surface area (Å²) in [5, 5.41) is 8.20. The van der Waals surface area contributed by atoms with E-state index in [1.807, 2.05) is 42.6 Å². The third-order valence-corrected chi connectivity index (χ3v) is 4.73. The summed E-state index contributed by atoms with van der Waals surface area (Å²) in [7, 11) is 0. The normalized spacial score (nSPS) is 11.4. The summed E-state index contributed by atoms with van der Waals surface area (Å²) < 4.78 is 5.70. The van der Waals surface area contributed by atoms with E-state index in [4.69, 9.17) is 10.2 Å². The molecule has 3 aromatic rings. The maximum absolute atomic E-state index is 11.0. The lowest BCUT2D eigenvalue weighted by molar-refractivity contribution is -0.119. The summed E-state index contributed by atoms with van der Waals surface area (Å²) in [4.78, 5) is 24.2. The molecule has 4 N–H and O–H groups in total. The van der Waals surface area contributed by atoms with Gasteiger partial charge in [0.1, 0.15) is 11.5 Å². The van der Waals surface area contributed by atoms with Gasteiger partial charge in [-0.05, 0) is 44.0 Å². The summed E-state index contributed by atoms with van der Waals surface area (Å²) in [6, 6.07) is 9.66. The number of pyridine rings is 1. The van der Waals surface area contributed by atoms with E-state index in [9.17, 15) is 4.79 Å². The van der Waals surface area contributed by atoms with Gasteiger partial charge in [0.25, 0.3) is 0 Å². The average molecular weight is 413 g/mol. The second-order valence-corrected chi connectivity index (χ2v) is 7.33. The molecule has 0 atom stereocenters. The number of carbonyl (C=O) groups is 1. The van der Waals surface area contributed by atoms with Gasteiger partial charge in [-0.1, -0.05) is 6.07 Å². The van der Waals surface area contributed by atoms with Crippen molar-refractivity contribution in [3.8, 4) is 11.5 Å². The van der Waals surface area contributed by atoms with E-state index >= 15 is 0 Å². The first-order valence-electron chi connectivity index (χ1n) is 9.29. The molecule has 1 amide bonds. The standard InChI is InChI=1S/C20H24N6O2S/c1-13-5-3-6-15(24-13)7-4-10-22-19(21)26-20-25-17(12-29-20)18-9-8-16(28-18)11-23-14(2)27/h3,5-6,8-9,12H,4,7,10-11H2,1-2H3,(H,23,27)(H3,21,22,25,26). The van der Waals surface area contributed by atoms with Gasteiger partial charge in [-0.3, -0.25) is 9.78 Å². The monoisotopic (exact) mass is 412 g/mol. The number of guanidine groups is 1. The van der Waals surface area contributed by atoms with Crippen LogP contribution in [-0.4, -0.2) is 28.4 Å². The second kappa shape index (κ2) is 9.83. The number of amides is 1. The number of furan rings is 1. The molecule has 0 spiro atoms. The fourth-order valence-electron chi connectivity index (χ4n) is 2.62. The molecular formula is C20H24N6O2S. The number of aromatic nitrogens is 2. The Kier molecular flexibility index (Phi) is 6.96. The number of hydrogen-bond acceptors (Lipinski definition) is 6. The van der Waals surface area contributed by atoms with Crippen LogP contribution < -0.4 is 16.4 Å². The Morgan fingerprint density at radius 2 is 2.10 bits per heavy atom. The SMILES string of the molecule is CC(=O)NCc1ccc(-c2csc(/N=C(\N)NCCCc3cccc(C)n3)n2)o1. The molecule has 0 fully saturated rings. The highest BCUT2D eigenvalue weighted by Gasteiger charge is 2.09. The van der Waals surface area contributed by atoms with Gasteiger partial charge in [0.05, 0.1) is 6.54 Å². The lowest BCUT2D eigenvalue weighted by atomic mass is 10.2. The van der Waals surface area contributed by atoms with E-state index in [2.05, 4.69) is 25.6 Å². The van der Waals surface area contributed by atoms with Gasteiger partial charge >= 0.3 is 0 Å². The van der Waals surface area contributed by atoms with Crippen molar-refractivity contribution in [2.24, 2.45) is 10.7 Å². The number of nitrogens with one attached hydrogen (secondary N) is 2. The number of nitrogens with two attached hydrogens (primary N) is 1. The van der Waals surface area contributed by atoms with Crippen LogP contribution in [0.3, 0.4) is 0 Å². The number of rotatable bonds is 8. The molecule has 0 aliphatic rings. The Hall–Kier alpha value is -3.20. The Balaban J connectivity index is 1.49. The Bertz CT molecular complexity index is 994. The lowest BCUT2D eigenvalue weighted by Crippen LogP contribution is -2.32. The van der Waals surface area contributed by atoms with E-state index in [0.717, 1.165) is 24.2 Å². The van der Waals surface area contributed by atoms with Gasteiger partial charge < -0.3 is 20.8 Å². The molecule has 0 unspecified atom stereocenters. The quantitative estimate of drug-likeness (QED) is 0.297. The molecule has 29 heavy (non-hydrogen) atoms. The Morgan fingerprint density at radius 3 is 2.90 bits per heavy atom. The van der Waals surface area contributed by atoms with E-state index in [1.54, 1.807) is 0 Å². The van der Waals surface area contributed by atoms with E-state index in [-0.39, 0.29) is 5.91 Å². The summed E-state index contributed by atoms with van der Waals surface area (Å²) in [5.41, 5.74) is 8.73. The van der Waals surface area contributed by atoms with Crippen LogP contribution in [0.2, 0.25) is 0 Å². The van der Waals surface area contributed by atoms with Gasteiger partial charge in [0, 0.05) is 30.2 Å². The molecule has 9 heteroatoms. The molecule has 0 aliphatic heterocycles. The van der Waals surface area contributed by atoms with Crippen LogP contribution in [0.5, 0.6) is 0 Å². The van der Waals surface area contributed by atoms with Crippen molar-refractivity contribution < 1.29 is 9.21 Å². The maximum Gasteiger partial charge on any atom is 0.217 e. The van der Waals surface area contributed by atoms with Crippen molar-refractivity contribution in [2.75, 3.05) is 6.54 Å². The van der Waals surface area contributed by atoms with Gasteiger partial charge in [0.15, 0.2) is 11.7 Å². The van der Waals surface area contributed by atoms with Gasteiger partial charge in [-0.25, -0.2) is 4.98 Å². The van der Waals surface area contributed by atoms with E-state index in [0.29, 0.717) is 41.4 Å². The first kappa shape index (κ1) is 20.5. The zero-order valence-electron chi connectivity index (χ0n) is 16.4. The first-order chi connectivity index (χ1) is 14.0. The van der Waals surface area contributed by atoms with E-state index in [1.165, 1.54) is 18.3 Å². The van der Waals surface area contributed by atoms with Crippen LogP contribution in [0.25, 0.3) is 11.5 Å². The summed E-state index contributed by atoms with van der Waals surface area (Å²) in [6.45, 7) is 4.50. The fraction of sp³-hybridized carbons (Fsp3) is 0.300. The lowest BCUT2D eigenvalue weighted by Gasteiger charge is -2.05. The number of aryl methyl sites for hydroxylation is 2. The van der Waals surface area contributed by atoms with Crippen molar-refractivity contribution in [2.45, 2.75) is 33.2 Å². The van der Waals surface area contributed by atoms with Crippen LogP contribution in [0.1, 0.15) is 30.5 Å². The smallest absolute Gasteiger partial charge is 0.217 e. The predicted molar refractivity (Wildman–Crippen MR) is 114 cm³/mol. The van der Waals surface area contributed by atoms with Crippen molar-refractivity contribution in [3.63, 3.8) is 0 Å². The molecule has 0 saturated heterocycles. The zero-order valence-corrected chi connectivity index (χ0v) is 17.3. The van der Waals surface area contributed by atoms with Gasteiger partial charge in [-0.2, -0.15) is 4.99 Å². The fourth-order valence-corrected chi connectivity index (χ4v) is 3.31. The molecule has 0 aliphatic carbocycles. The number of hydrogen-bond donors (Lipinski definition) is 3. The zero-order chi connectivity index (χ0) is 20.6. The number of aliphatic imine (C=N–C) groups is 1. The van der Waals surface area contributed by atoms with Crippen LogP contribution in [-0.2, 0) is 17.8 Å². The highest BCUT2D eigenvalue weighted by Crippen LogP contribution is 2.28. The van der Waals surface area contributed by atoms with Crippen LogP contribution in [0.15, 0.2) is 45.1 Å². The van der Waals surface area contributed by atoms with Crippen LogP contribution >= 0.6 is 11.3 Å². The number of nitrogens with zero attached hydrogens (tertiary/aromatic N) is 3. The van der Waals surface area contributed by atoms with Crippen molar-refractivity contribution in [1.29, 1.82) is 0 Å². The third-order valence-electron chi connectivity index (χ3n) is 4.00. The molecule has 0 saturated carbocycles. The number of carbonyl (C=O) groups excluding carboxylic acids is 1. The van der Waals surface area contributed by atoms with Crippen molar-refractivity contribution in [3.05, 3.63) is 52.9 Å². The molecule has 0 bridgehead atoms. The highest BCUT2D eigenvalue weighted by molar-refractivity contribution is 7.13. The molecule has 0 aromatic carbocycles. The van der Waals surface area contributed by atoms with Crippen LogP contribution in [0.4, 0.5) is 5.13 Å². The number of thiazole rings is 1. The minimum Gasteiger partial charge on any atom is -0.458 e. The summed E-state index contributed by atoms with van der Waals surface area (Å²) in [5.74, 6) is 1.51. The molecular weight excluding hydrogens is 388 g/mol. The van der Waals surface area contributed by atoms with Crippen LogP contribution in [0, 0.1) is 6.92 Å². The van der Waals surface area contributed by atoms with Crippen molar-refractivity contribution >= 4 is 28.3 Å². The topological polar surface area (TPSA) is 118 Å². The second-order valence-electron chi connectivity index (χ2n) is 6.49. The molecule has 152 valence electrons. The Morgan fingerprint density at radius 1 is 1.24 bits per heavy atom.